The number of fused-ring (bicyclic) bond motifs is 1. The highest BCUT2D eigenvalue weighted by Gasteiger charge is 2.66. The molecule has 2 aliphatic heterocycles. The fourth-order valence-electron chi connectivity index (χ4n) is 4.40. The molecule has 3 aliphatic rings. The Bertz CT molecular complexity index is 635. The minimum absolute atomic E-state index is 0.112. The Balaban J connectivity index is 1.67. The van der Waals surface area contributed by atoms with Gasteiger partial charge in [0.1, 0.15) is 5.66 Å². The molecule has 1 aliphatic carbocycles. The molecule has 6 nitrogen and oxygen atoms in total. The minimum atomic E-state index is -0.556. The average molecular weight is 321 g/mol. The second kappa shape index (κ2) is 5.42. The first-order valence-electron chi connectivity index (χ1n) is 8.21. The highest BCUT2D eigenvalue weighted by Crippen LogP contribution is 2.56. The number of ether oxygens (including phenoxy) is 1. The van der Waals surface area contributed by atoms with E-state index in [2.05, 4.69) is 9.80 Å². The van der Waals surface area contributed by atoms with Gasteiger partial charge in [-0.1, -0.05) is 6.42 Å². The van der Waals surface area contributed by atoms with Gasteiger partial charge in [0.25, 0.3) is 5.69 Å². The van der Waals surface area contributed by atoms with Gasteiger partial charge in [0.05, 0.1) is 35.9 Å². The van der Waals surface area contributed by atoms with E-state index in [4.69, 9.17) is 4.74 Å². The summed E-state index contributed by atoms with van der Waals surface area (Å²) in [5.74, 6) is -0.499. The zero-order valence-corrected chi connectivity index (χ0v) is 12.9. The van der Waals surface area contributed by atoms with Crippen molar-refractivity contribution < 1.29 is 14.1 Å². The molecule has 1 saturated carbocycles. The summed E-state index contributed by atoms with van der Waals surface area (Å²) in [6, 6.07) is 4.31. The number of benzene rings is 1. The summed E-state index contributed by atoms with van der Waals surface area (Å²) < 4.78 is 19.9. The zero-order valence-electron chi connectivity index (χ0n) is 12.9. The van der Waals surface area contributed by atoms with E-state index >= 15 is 0 Å². The number of hydrogen-bond donors (Lipinski definition) is 0. The molecule has 2 saturated heterocycles. The predicted octanol–water partition coefficient (Wildman–Crippen LogP) is 2.53. The molecule has 0 spiro atoms. The van der Waals surface area contributed by atoms with Crippen molar-refractivity contribution in [3.05, 3.63) is 34.1 Å². The molecule has 1 aromatic carbocycles. The number of rotatable bonds is 3. The summed E-state index contributed by atoms with van der Waals surface area (Å²) in [5, 5.41) is 10.8. The Kier molecular flexibility index (Phi) is 3.50. The Morgan fingerprint density at radius 2 is 2.09 bits per heavy atom. The first kappa shape index (κ1) is 14.8. The molecule has 0 bridgehead atoms. The van der Waals surface area contributed by atoms with Crippen LogP contribution in [0.15, 0.2) is 18.2 Å². The zero-order chi connectivity index (χ0) is 16.0. The van der Waals surface area contributed by atoms with Gasteiger partial charge in [0.15, 0.2) is 5.82 Å². The van der Waals surface area contributed by atoms with Crippen LogP contribution >= 0.6 is 0 Å². The number of hydrogen-bond acceptors (Lipinski definition) is 5. The van der Waals surface area contributed by atoms with Crippen molar-refractivity contribution in [1.29, 1.82) is 0 Å². The van der Waals surface area contributed by atoms with Crippen molar-refractivity contribution in [2.45, 2.75) is 37.4 Å². The molecule has 3 fully saturated rings. The molecule has 2 atom stereocenters. The molecule has 2 unspecified atom stereocenters. The summed E-state index contributed by atoms with van der Waals surface area (Å²) in [5.41, 5.74) is 0.185. The summed E-state index contributed by atoms with van der Waals surface area (Å²) in [4.78, 5) is 14.8. The van der Waals surface area contributed by atoms with Crippen molar-refractivity contribution in [1.82, 2.24) is 4.90 Å². The van der Waals surface area contributed by atoms with E-state index in [0.717, 1.165) is 44.8 Å². The van der Waals surface area contributed by atoms with Gasteiger partial charge in [-0.2, -0.15) is 0 Å². The van der Waals surface area contributed by atoms with E-state index in [9.17, 15) is 14.5 Å². The van der Waals surface area contributed by atoms with E-state index in [0.29, 0.717) is 24.9 Å². The van der Waals surface area contributed by atoms with Crippen LogP contribution in [0, 0.1) is 15.9 Å². The van der Waals surface area contributed by atoms with Crippen LogP contribution in [0.1, 0.15) is 25.7 Å². The largest absolute Gasteiger partial charge is 0.379 e. The topological polar surface area (TPSA) is 58.6 Å². The second-order valence-corrected chi connectivity index (χ2v) is 6.50. The van der Waals surface area contributed by atoms with Crippen LogP contribution in [-0.2, 0) is 4.74 Å². The first-order valence-corrected chi connectivity index (χ1v) is 8.21. The lowest BCUT2D eigenvalue weighted by atomic mass is 9.94. The quantitative estimate of drug-likeness (QED) is 0.486. The smallest absolute Gasteiger partial charge is 0.272 e. The van der Waals surface area contributed by atoms with Crippen LogP contribution in [0.3, 0.4) is 0 Å². The second-order valence-electron chi connectivity index (χ2n) is 6.50. The number of nitro benzene ring substituents is 1. The van der Waals surface area contributed by atoms with Crippen LogP contribution in [0.5, 0.6) is 0 Å². The lowest BCUT2D eigenvalue weighted by Crippen LogP contribution is -2.49. The normalized spacial score (nSPS) is 30.8. The van der Waals surface area contributed by atoms with Gasteiger partial charge >= 0.3 is 0 Å². The number of nitro groups is 1. The van der Waals surface area contributed by atoms with Crippen LogP contribution in [0.2, 0.25) is 0 Å². The predicted molar refractivity (Wildman–Crippen MR) is 82.9 cm³/mol. The average Bonchev–Trinajstić information content (AvgIpc) is 3.25. The SMILES string of the molecule is O=[N+]([O-])c1ccc(N2C3CCCCC32N2CCOCC2)c(F)c1. The molecule has 0 N–H and O–H groups in total. The Morgan fingerprint density at radius 3 is 2.78 bits per heavy atom. The molecular weight excluding hydrogens is 301 g/mol. The van der Waals surface area contributed by atoms with E-state index in [1.807, 2.05) is 0 Å². The molecule has 0 radical (unpaired) electrons. The molecule has 23 heavy (non-hydrogen) atoms. The Labute approximate surface area is 134 Å². The summed E-state index contributed by atoms with van der Waals surface area (Å²) in [6.07, 6.45) is 4.36. The summed E-state index contributed by atoms with van der Waals surface area (Å²) in [6.45, 7) is 3.15. The summed E-state index contributed by atoms with van der Waals surface area (Å²) >= 11 is 0. The van der Waals surface area contributed by atoms with Crippen molar-refractivity contribution >= 4 is 11.4 Å². The number of halogens is 1. The third kappa shape index (κ3) is 2.21. The number of non-ortho nitro benzene ring substituents is 1. The first-order chi connectivity index (χ1) is 11.1. The van der Waals surface area contributed by atoms with Gasteiger partial charge < -0.3 is 9.64 Å². The fraction of sp³-hybridized carbons (Fsp3) is 0.625. The van der Waals surface area contributed by atoms with Crippen LogP contribution in [0.25, 0.3) is 0 Å². The van der Waals surface area contributed by atoms with E-state index in [1.165, 1.54) is 6.07 Å². The van der Waals surface area contributed by atoms with Gasteiger partial charge in [-0.05, 0) is 25.3 Å². The fourth-order valence-corrected chi connectivity index (χ4v) is 4.40. The Hall–Kier alpha value is -1.73. The lowest BCUT2D eigenvalue weighted by molar-refractivity contribution is -0.385. The van der Waals surface area contributed by atoms with Crippen LogP contribution in [-0.4, -0.2) is 47.8 Å². The number of anilines is 1. The molecule has 4 rings (SSSR count). The minimum Gasteiger partial charge on any atom is -0.379 e. The van der Waals surface area contributed by atoms with Crippen molar-refractivity contribution in [2.24, 2.45) is 0 Å². The number of nitrogens with zero attached hydrogens (tertiary/aromatic N) is 3. The highest BCUT2D eigenvalue weighted by atomic mass is 19.1. The maximum Gasteiger partial charge on any atom is 0.272 e. The molecule has 1 aromatic rings. The van der Waals surface area contributed by atoms with Gasteiger partial charge in [-0.3, -0.25) is 15.0 Å². The van der Waals surface area contributed by atoms with E-state index < -0.39 is 10.7 Å². The van der Waals surface area contributed by atoms with Crippen molar-refractivity contribution in [2.75, 3.05) is 31.2 Å². The maximum absolute atomic E-state index is 14.5. The van der Waals surface area contributed by atoms with Crippen molar-refractivity contribution in [3.8, 4) is 0 Å². The molecule has 2 heterocycles. The van der Waals surface area contributed by atoms with Crippen molar-refractivity contribution in [3.63, 3.8) is 0 Å². The van der Waals surface area contributed by atoms with E-state index in [-0.39, 0.29) is 11.4 Å². The van der Waals surface area contributed by atoms with Gasteiger partial charge in [0.2, 0.25) is 0 Å². The monoisotopic (exact) mass is 321 g/mol. The summed E-state index contributed by atoms with van der Waals surface area (Å²) in [7, 11) is 0. The standard InChI is InChI=1S/C16H20FN3O3/c17-13-11-12(20(21)22)4-5-14(13)19-15-3-1-2-6-16(15,19)18-7-9-23-10-8-18/h4-5,11,15H,1-3,6-10H2. The third-order valence-corrected chi connectivity index (χ3v) is 5.43. The molecular formula is C16H20FN3O3. The third-order valence-electron chi connectivity index (χ3n) is 5.43. The maximum atomic E-state index is 14.5. The van der Waals surface area contributed by atoms with Crippen LogP contribution < -0.4 is 4.90 Å². The van der Waals surface area contributed by atoms with Crippen LogP contribution in [0.4, 0.5) is 15.8 Å². The molecule has 124 valence electrons. The lowest BCUT2D eigenvalue weighted by Gasteiger charge is -2.36. The highest BCUT2D eigenvalue weighted by molar-refractivity contribution is 5.63. The van der Waals surface area contributed by atoms with E-state index in [1.54, 1.807) is 6.07 Å². The van der Waals surface area contributed by atoms with Gasteiger partial charge in [0, 0.05) is 19.2 Å². The Morgan fingerprint density at radius 1 is 1.30 bits per heavy atom. The van der Waals surface area contributed by atoms with Gasteiger partial charge in [-0.25, -0.2) is 4.39 Å². The van der Waals surface area contributed by atoms with Gasteiger partial charge in [-0.15, -0.1) is 0 Å². The molecule has 0 aromatic heterocycles. The molecule has 0 amide bonds. The molecule has 7 heteroatoms. The number of morpholine rings is 1.